The van der Waals surface area contributed by atoms with Gasteiger partial charge in [-0.2, -0.15) is 5.10 Å². The summed E-state index contributed by atoms with van der Waals surface area (Å²) < 4.78 is 1.82. The minimum Gasteiger partial charge on any atom is -0.381 e. The second kappa shape index (κ2) is 5.13. The van der Waals surface area contributed by atoms with Crippen LogP contribution in [0.15, 0.2) is 36.5 Å². The Balaban J connectivity index is 1.79. The number of anilines is 1. The Morgan fingerprint density at radius 3 is 2.90 bits per heavy atom. The molecule has 4 nitrogen and oxygen atoms in total. The maximum Gasteiger partial charge on any atom is 0.129 e. The third-order valence-electron chi connectivity index (χ3n) is 3.26. The van der Waals surface area contributed by atoms with Gasteiger partial charge in [-0.25, -0.2) is 4.98 Å². The largest absolute Gasteiger partial charge is 0.381 e. The topological polar surface area (TPSA) is 42.7 Å². The maximum absolute atomic E-state index is 5.86. The van der Waals surface area contributed by atoms with Crippen molar-refractivity contribution in [2.45, 2.75) is 13.5 Å². The smallest absolute Gasteiger partial charge is 0.129 e. The van der Waals surface area contributed by atoms with E-state index in [0.29, 0.717) is 5.15 Å². The Hall–Kier alpha value is -2.07. The lowest BCUT2D eigenvalue weighted by Crippen LogP contribution is -2.02. The van der Waals surface area contributed by atoms with Crippen molar-refractivity contribution in [1.82, 2.24) is 14.8 Å². The van der Waals surface area contributed by atoms with Gasteiger partial charge in [0.2, 0.25) is 0 Å². The molecular weight excluding hydrogens is 272 g/mol. The van der Waals surface area contributed by atoms with Crippen molar-refractivity contribution in [3.8, 4) is 0 Å². The number of hydrogen-bond donors (Lipinski definition) is 1. The number of rotatable bonds is 3. The molecule has 3 aromatic rings. The maximum atomic E-state index is 5.86. The van der Waals surface area contributed by atoms with Crippen LogP contribution >= 0.6 is 11.6 Å². The number of pyridine rings is 1. The van der Waals surface area contributed by atoms with E-state index in [1.54, 1.807) is 0 Å². The zero-order valence-electron chi connectivity index (χ0n) is 11.4. The third kappa shape index (κ3) is 2.60. The van der Waals surface area contributed by atoms with Crippen molar-refractivity contribution in [2.75, 3.05) is 5.32 Å². The number of aryl methyl sites for hydroxylation is 2. The van der Waals surface area contributed by atoms with Crippen LogP contribution < -0.4 is 5.32 Å². The van der Waals surface area contributed by atoms with Gasteiger partial charge >= 0.3 is 0 Å². The number of nitrogens with zero attached hydrogens (tertiary/aromatic N) is 3. The summed E-state index contributed by atoms with van der Waals surface area (Å²) in [5.74, 6) is 0. The van der Waals surface area contributed by atoms with Gasteiger partial charge in [0.05, 0.1) is 5.52 Å². The second-order valence-corrected chi connectivity index (χ2v) is 5.20. The van der Waals surface area contributed by atoms with Gasteiger partial charge in [-0.15, -0.1) is 0 Å². The molecule has 0 bridgehead atoms. The van der Waals surface area contributed by atoms with Gasteiger partial charge in [0.1, 0.15) is 5.15 Å². The van der Waals surface area contributed by atoms with Crippen LogP contribution in [0.25, 0.3) is 10.9 Å². The average Bonchev–Trinajstić information content (AvgIpc) is 2.77. The molecule has 0 aliphatic rings. The average molecular weight is 287 g/mol. The monoisotopic (exact) mass is 286 g/mol. The van der Waals surface area contributed by atoms with Crippen LogP contribution in [0.5, 0.6) is 0 Å². The Morgan fingerprint density at radius 2 is 2.10 bits per heavy atom. The molecule has 0 unspecified atom stereocenters. The van der Waals surface area contributed by atoms with Crippen LogP contribution in [0.4, 0.5) is 5.69 Å². The highest BCUT2D eigenvalue weighted by molar-refractivity contribution is 6.29. The first-order valence-corrected chi connectivity index (χ1v) is 6.79. The minimum atomic E-state index is 0.531. The highest BCUT2D eigenvalue weighted by Gasteiger charge is 2.03. The molecule has 0 saturated carbocycles. The van der Waals surface area contributed by atoms with Crippen molar-refractivity contribution in [1.29, 1.82) is 0 Å². The normalized spacial score (nSPS) is 10.9. The summed E-state index contributed by atoms with van der Waals surface area (Å²) >= 11 is 5.86. The lowest BCUT2D eigenvalue weighted by Gasteiger charge is -2.08. The molecule has 2 heterocycles. The molecule has 0 radical (unpaired) electrons. The highest BCUT2D eigenvalue weighted by Crippen LogP contribution is 2.19. The van der Waals surface area contributed by atoms with E-state index in [0.717, 1.165) is 34.4 Å². The van der Waals surface area contributed by atoms with Crippen LogP contribution in [0.2, 0.25) is 5.15 Å². The molecule has 0 amide bonds. The summed E-state index contributed by atoms with van der Waals surface area (Å²) in [4.78, 5) is 4.25. The first-order valence-electron chi connectivity index (χ1n) is 6.41. The molecule has 0 aliphatic carbocycles. The Kier molecular flexibility index (Phi) is 3.32. The van der Waals surface area contributed by atoms with Crippen molar-refractivity contribution in [2.24, 2.45) is 7.05 Å². The lowest BCUT2D eigenvalue weighted by molar-refractivity contribution is 0.780. The second-order valence-electron chi connectivity index (χ2n) is 4.81. The predicted octanol–water partition coefficient (Wildman–Crippen LogP) is 3.54. The third-order valence-corrected chi connectivity index (χ3v) is 3.47. The number of fused-ring (bicyclic) bond motifs is 1. The predicted molar refractivity (Wildman–Crippen MR) is 82.0 cm³/mol. The highest BCUT2D eigenvalue weighted by atomic mass is 35.5. The molecule has 20 heavy (non-hydrogen) atoms. The van der Waals surface area contributed by atoms with Gasteiger partial charge in [-0.05, 0) is 36.8 Å². The summed E-state index contributed by atoms with van der Waals surface area (Å²) in [5.41, 5.74) is 4.16. The zero-order valence-corrected chi connectivity index (χ0v) is 12.1. The Bertz CT molecular complexity index is 764. The Labute approximate surface area is 122 Å². The van der Waals surface area contributed by atoms with Gasteiger partial charge in [-0.3, -0.25) is 4.68 Å². The summed E-state index contributed by atoms with van der Waals surface area (Å²) in [5, 5.41) is 9.42. The molecule has 5 heteroatoms. The molecule has 0 aliphatic heterocycles. The molecule has 1 N–H and O–H groups in total. The number of aromatic nitrogens is 3. The molecular formula is C15H15ClN4. The van der Waals surface area contributed by atoms with Crippen molar-refractivity contribution < 1.29 is 0 Å². The van der Waals surface area contributed by atoms with Gasteiger partial charge in [0.15, 0.2) is 0 Å². The quantitative estimate of drug-likeness (QED) is 0.749. The summed E-state index contributed by atoms with van der Waals surface area (Å²) in [6.45, 7) is 2.69. The first kappa shape index (κ1) is 12.9. The fourth-order valence-corrected chi connectivity index (χ4v) is 2.39. The first-order chi connectivity index (χ1) is 9.61. The molecule has 0 spiro atoms. The van der Waals surface area contributed by atoms with E-state index in [4.69, 9.17) is 11.6 Å². The van der Waals surface area contributed by atoms with E-state index in [2.05, 4.69) is 21.5 Å². The number of hydrogen-bond acceptors (Lipinski definition) is 3. The SMILES string of the molecule is Cc1nc(Cl)ccc1CNc1ccc2nn(C)cc2c1. The van der Waals surface area contributed by atoms with E-state index in [1.165, 1.54) is 0 Å². The molecule has 2 aromatic heterocycles. The standard InChI is InChI=1S/C15H15ClN4/c1-10-11(3-6-15(16)18-10)8-17-13-4-5-14-12(7-13)9-20(2)19-14/h3-7,9,17H,8H2,1-2H3. The van der Waals surface area contributed by atoms with Gasteiger partial charge in [0.25, 0.3) is 0 Å². The van der Waals surface area contributed by atoms with Crippen molar-refractivity contribution >= 4 is 28.2 Å². The molecule has 1 aromatic carbocycles. The van der Waals surface area contributed by atoms with Crippen molar-refractivity contribution in [3.63, 3.8) is 0 Å². The number of halogens is 1. The van der Waals surface area contributed by atoms with Crippen LogP contribution in [0.1, 0.15) is 11.3 Å². The molecule has 3 rings (SSSR count). The summed E-state index contributed by atoms with van der Waals surface area (Å²) in [6.07, 6.45) is 2.01. The molecule has 0 atom stereocenters. The van der Waals surface area contributed by atoms with E-state index >= 15 is 0 Å². The van der Waals surface area contributed by atoms with Crippen molar-refractivity contribution in [3.05, 3.63) is 52.9 Å². The molecule has 0 fully saturated rings. The van der Waals surface area contributed by atoms with E-state index < -0.39 is 0 Å². The van der Waals surface area contributed by atoms with E-state index in [-0.39, 0.29) is 0 Å². The zero-order chi connectivity index (χ0) is 14.1. The summed E-state index contributed by atoms with van der Waals surface area (Å²) in [6, 6.07) is 9.97. The molecule has 0 saturated heterocycles. The summed E-state index contributed by atoms with van der Waals surface area (Å²) in [7, 11) is 1.93. The lowest BCUT2D eigenvalue weighted by atomic mass is 10.2. The van der Waals surface area contributed by atoms with Gasteiger partial charge in [-0.1, -0.05) is 17.7 Å². The minimum absolute atomic E-state index is 0.531. The number of benzene rings is 1. The fraction of sp³-hybridized carbons (Fsp3) is 0.200. The van der Waals surface area contributed by atoms with Crippen LogP contribution in [-0.2, 0) is 13.6 Å². The van der Waals surface area contributed by atoms with Crippen LogP contribution in [-0.4, -0.2) is 14.8 Å². The molecule has 102 valence electrons. The van der Waals surface area contributed by atoms with Crippen LogP contribution in [0, 0.1) is 6.92 Å². The van der Waals surface area contributed by atoms with Gasteiger partial charge in [0, 0.05) is 36.6 Å². The van der Waals surface area contributed by atoms with Crippen LogP contribution in [0.3, 0.4) is 0 Å². The van der Waals surface area contributed by atoms with E-state index in [1.807, 2.05) is 49.1 Å². The Morgan fingerprint density at radius 1 is 1.25 bits per heavy atom. The number of nitrogens with one attached hydrogen (secondary N) is 1. The van der Waals surface area contributed by atoms with Gasteiger partial charge < -0.3 is 5.32 Å². The van der Waals surface area contributed by atoms with E-state index in [9.17, 15) is 0 Å². The fourth-order valence-electron chi connectivity index (χ4n) is 2.20.